The van der Waals surface area contributed by atoms with E-state index in [2.05, 4.69) is 4.98 Å². The van der Waals surface area contributed by atoms with E-state index in [0.717, 1.165) is 12.8 Å². The third kappa shape index (κ3) is 4.70. The van der Waals surface area contributed by atoms with Gasteiger partial charge in [-0.25, -0.2) is 4.98 Å². The van der Waals surface area contributed by atoms with Crippen molar-refractivity contribution in [1.29, 1.82) is 0 Å². The number of carbonyl (C=O) groups excluding carboxylic acids is 2. The Morgan fingerprint density at radius 3 is 2.82 bits per heavy atom. The summed E-state index contributed by atoms with van der Waals surface area (Å²) in [4.78, 5) is 27.9. The number of esters is 1. The van der Waals surface area contributed by atoms with Crippen molar-refractivity contribution in [3.63, 3.8) is 0 Å². The maximum absolute atomic E-state index is 11.4. The van der Waals surface area contributed by atoms with Crippen LogP contribution < -0.4 is 9.64 Å². The summed E-state index contributed by atoms with van der Waals surface area (Å²) < 4.78 is 15.9. The summed E-state index contributed by atoms with van der Waals surface area (Å²) in [6.45, 7) is 3.23. The largest absolute Gasteiger partial charge is 0.489 e. The molecule has 1 aliphatic heterocycles. The van der Waals surface area contributed by atoms with Crippen molar-refractivity contribution in [3.8, 4) is 5.75 Å². The van der Waals surface area contributed by atoms with Crippen LogP contribution in [0.25, 0.3) is 0 Å². The van der Waals surface area contributed by atoms with Crippen molar-refractivity contribution in [3.05, 3.63) is 18.3 Å². The molecule has 2 rings (SSSR count). The molecule has 2 heterocycles. The normalized spacial score (nSPS) is 15.1. The molecule has 7 heteroatoms. The highest BCUT2D eigenvalue weighted by molar-refractivity contribution is 5.84. The number of pyridine rings is 1. The number of aromatic nitrogens is 1. The second-order valence-corrected chi connectivity index (χ2v) is 4.82. The number of ether oxygens (including phenoxy) is 3. The second kappa shape index (κ2) is 8.33. The fraction of sp³-hybridized carbons (Fsp3) is 0.533. The Balaban J connectivity index is 1.94. The summed E-state index contributed by atoms with van der Waals surface area (Å²) in [6, 6.07) is 3.38. The molecule has 22 heavy (non-hydrogen) atoms. The van der Waals surface area contributed by atoms with Gasteiger partial charge in [-0.05, 0) is 19.1 Å². The zero-order chi connectivity index (χ0) is 15.8. The van der Waals surface area contributed by atoms with E-state index >= 15 is 0 Å². The van der Waals surface area contributed by atoms with E-state index in [-0.39, 0.29) is 19.3 Å². The lowest BCUT2D eigenvalue weighted by Crippen LogP contribution is -2.30. The van der Waals surface area contributed by atoms with E-state index in [9.17, 15) is 9.59 Å². The molecule has 1 aromatic heterocycles. The third-order valence-corrected chi connectivity index (χ3v) is 3.22. The predicted octanol–water partition coefficient (Wildman–Crippen LogP) is 1.17. The minimum absolute atomic E-state index is 0.128. The van der Waals surface area contributed by atoms with Crippen LogP contribution in [0.4, 0.5) is 5.82 Å². The quantitative estimate of drug-likeness (QED) is 0.556. The van der Waals surface area contributed by atoms with Crippen molar-refractivity contribution >= 4 is 18.2 Å². The Labute approximate surface area is 129 Å². The lowest BCUT2D eigenvalue weighted by atomic mass is 10.1. The highest BCUT2D eigenvalue weighted by atomic mass is 16.5. The molecule has 0 aromatic carbocycles. The van der Waals surface area contributed by atoms with Crippen LogP contribution >= 0.6 is 0 Å². The van der Waals surface area contributed by atoms with Gasteiger partial charge in [0.25, 0.3) is 0 Å². The highest BCUT2D eigenvalue weighted by Crippen LogP contribution is 2.19. The van der Waals surface area contributed by atoms with Crippen LogP contribution in [0.15, 0.2) is 18.3 Å². The molecular formula is C15H20N2O5. The number of nitrogens with zero attached hydrogens (tertiary/aromatic N) is 2. The van der Waals surface area contributed by atoms with Gasteiger partial charge in [0, 0.05) is 12.8 Å². The molecule has 0 aliphatic carbocycles. The number of amides is 1. The molecule has 0 radical (unpaired) electrons. The molecule has 7 nitrogen and oxygen atoms in total. The molecule has 0 bridgehead atoms. The standard InChI is InChI=1S/C15H20N2O5/c1-2-21-15(19)10-17(11-18)14-4-3-13(9-16-14)22-12-5-7-20-8-6-12/h3-4,9,11-12H,2,5-8,10H2,1H3. The SMILES string of the molecule is CCOC(=O)CN(C=O)c1ccc(OC2CCOCC2)cn1. The molecule has 1 amide bonds. The van der Waals surface area contributed by atoms with Gasteiger partial charge in [0.15, 0.2) is 0 Å². The molecular weight excluding hydrogens is 288 g/mol. The lowest BCUT2D eigenvalue weighted by Gasteiger charge is -2.23. The first kappa shape index (κ1) is 16.2. The van der Waals surface area contributed by atoms with Gasteiger partial charge >= 0.3 is 5.97 Å². The Bertz CT molecular complexity index is 485. The van der Waals surface area contributed by atoms with Crippen LogP contribution in [0.2, 0.25) is 0 Å². The van der Waals surface area contributed by atoms with Gasteiger partial charge in [-0.1, -0.05) is 0 Å². The lowest BCUT2D eigenvalue weighted by molar-refractivity contribution is -0.141. The number of rotatable bonds is 7. The first-order chi connectivity index (χ1) is 10.7. The fourth-order valence-corrected chi connectivity index (χ4v) is 2.12. The third-order valence-electron chi connectivity index (χ3n) is 3.22. The summed E-state index contributed by atoms with van der Waals surface area (Å²) >= 11 is 0. The molecule has 1 fully saturated rings. The number of carbonyl (C=O) groups is 2. The molecule has 0 spiro atoms. The Kier molecular flexibility index (Phi) is 6.14. The zero-order valence-corrected chi connectivity index (χ0v) is 12.6. The smallest absolute Gasteiger partial charge is 0.326 e. The van der Waals surface area contributed by atoms with E-state index in [4.69, 9.17) is 14.2 Å². The maximum Gasteiger partial charge on any atom is 0.326 e. The van der Waals surface area contributed by atoms with Crippen molar-refractivity contribution in [2.24, 2.45) is 0 Å². The molecule has 0 saturated carbocycles. The average Bonchev–Trinajstić information content (AvgIpc) is 2.55. The molecule has 120 valence electrons. The van der Waals surface area contributed by atoms with E-state index in [1.165, 1.54) is 4.90 Å². The topological polar surface area (TPSA) is 78.0 Å². The van der Waals surface area contributed by atoms with Gasteiger partial charge in [-0.15, -0.1) is 0 Å². The highest BCUT2D eigenvalue weighted by Gasteiger charge is 2.16. The summed E-state index contributed by atoms with van der Waals surface area (Å²) in [5.74, 6) is 0.541. The van der Waals surface area contributed by atoms with Crippen molar-refractivity contribution in [2.45, 2.75) is 25.9 Å². The van der Waals surface area contributed by atoms with E-state index in [1.807, 2.05) is 0 Å². The van der Waals surface area contributed by atoms with Gasteiger partial charge < -0.3 is 14.2 Å². The fourth-order valence-electron chi connectivity index (χ4n) is 2.12. The number of hydrogen-bond donors (Lipinski definition) is 0. The Morgan fingerprint density at radius 2 is 2.23 bits per heavy atom. The van der Waals surface area contributed by atoms with Crippen molar-refractivity contribution in [1.82, 2.24) is 4.98 Å². The van der Waals surface area contributed by atoms with Gasteiger partial charge in [0.2, 0.25) is 6.41 Å². The second-order valence-electron chi connectivity index (χ2n) is 4.82. The molecule has 1 aliphatic rings. The van der Waals surface area contributed by atoms with Gasteiger partial charge in [0.05, 0.1) is 26.0 Å². The van der Waals surface area contributed by atoms with Crippen LogP contribution in [0.3, 0.4) is 0 Å². The molecule has 0 atom stereocenters. The predicted molar refractivity (Wildman–Crippen MR) is 78.7 cm³/mol. The van der Waals surface area contributed by atoms with Crippen LogP contribution in [-0.4, -0.2) is 49.8 Å². The molecule has 1 aromatic rings. The molecule has 1 saturated heterocycles. The van der Waals surface area contributed by atoms with Crippen LogP contribution in [0, 0.1) is 0 Å². The van der Waals surface area contributed by atoms with Crippen LogP contribution in [0.5, 0.6) is 5.75 Å². The maximum atomic E-state index is 11.4. The Morgan fingerprint density at radius 1 is 1.45 bits per heavy atom. The van der Waals surface area contributed by atoms with Gasteiger partial charge in [0.1, 0.15) is 24.2 Å². The summed E-state index contributed by atoms with van der Waals surface area (Å²) in [5.41, 5.74) is 0. The zero-order valence-electron chi connectivity index (χ0n) is 12.6. The van der Waals surface area contributed by atoms with Gasteiger partial charge in [-0.3, -0.25) is 14.5 Å². The van der Waals surface area contributed by atoms with E-state index in [1.54, 1.807) is 25.3 Å². The first-order valence-electron chi connectivity index (χ1n) is 7.31. The molecule has 0 unspecified atom stereocenters. The van der Waals surface area contributed by atoms with Crippen LogP contribution in [0.1, 0.15) is 19.8 Å². The minimum Gasteiger partial charge on any atom is -0.489 e. The minimum atomic E-state index is -0.473. The summed E-state index contributed by atoms with van der Waals surface area (Å²) in [6.07, 6.45) is 3.93. The number of anilines is 1. The van der Waals surface area contributed by atoms with Gasteiger partial charge in [-0.2, -0.15) is 0 Å². The first-order valence-corrected chi connectivity index (χ1v) is 7.31. The van der Waals surface area contributed by atoms with Crippen molar-refractivity contribution < 1.29 is 23.8 Å². The monoisotopic (exact) mass is 308 g/mol. The summed E-state index contributed by atoms with van der Waals surface area (Å²) in [7, 11) is 0. The molecule has 0 N–H and O–H groups in total. The average molecular weight is 308 g/mol. The Hall–Kier alpha value is -2.15. The van der Waals surface area contributed by atoms with Crippen LogP contribution in [-0.2, 0) is 19.1 Å². The van der Waals surface area contributed by atoms with E-state index < -0.39 is 5.97 Å². The van der Waals surface area contributed by atoms with Crippen molar-refractivity contribution in [2.75, 3.05) is 31.3 Å². The van der Waals surface area contributed by atoms with E-state index in [0.29, 0.717) is 31.2 Å². The summed E-state index contributed by atoms with van der Waals surface area (Å²) in [5, 5.41) is 0. The number of hydrogen-bond acceptors (Lipinski definition) is 6.